The van der Waals surface area contributed by atoms with Gasteiger partial charge in [-0.05, 0) is 69.8 Å². The van der Waals surface area contributed by atoms with Crippen molar-refractivity contribution in [2.24, 2.45) is 0 Å². The van der Waals surface area contributed by atoms with Crippen molar-refractivity contribution in [2.45, 2.75) is 13.8 Å². The van der Waals surface area contributed by atoms with Gasteiger partial charge in [-0.1, -0.05) is 116 Å². The van der Waals surface area contributed by atoms with E-state index in [1.54, 1.807) is 0 Å². The zero-order valence-electron chi connectivity index (χ0n) is 29.7. The molecule has 2 aliphatic rings. The van der Waals surface area contributed by atoms with Crippen LogP contribution in [0.25, 0.3) is 44.8 Å². The molecule has 261 valence electrons. The maximum absolute atomic E-state index is 6.49. The SMILES string of the molecule is Cc1c[c-]c(-c2cc(-c3ccccc3)c(C)cn2)cc1.[Ir].[c-]1ccc2c(c1-c1ccc(-c3ccccc3)cn1)Oc1cccc3c1B2c1ccccc1O3. The van der Waals surface area contributed by atoms with E-state index in [0.29, 0.717) is 0 Å². The van der Waals surface area contributed by atoms with E-state index in [4.69, 9.17) is 14.5 Å². The molecule has 0 spiro atoms. The molecule has 0 aliphatic carbocycles. The maximum Gasteiger partial charge on any atom is 0.241 e. The molecule has 2 aromatic heterocycles. The first kappa shape index (κ1) is 35.0. The van der Waals surface area contributed by atoms with Crippen molar-refractivity contribution >= 4 is 23.1 Å². The molecule has 0 bridgehead atoms. The van der Waals surface area contributed by atoms with Gasteiger partial charge in [-0.15, -0.1) is 59.1 Å². The van der Waals surface area contributed by atoms with Crippen LogP contribution in [0.15, 0.2) is 164 Å². The summed E-state index contributed by atoms with van der Waals surface area (Å²) in [7, 11) is 0. The number of hydrogen-bond acceptors (Lipinski definition) is 4. The number of benzene rings is 6. The molecule has 0 saturated carbocycles. The Labute approximate surface area is 330 Å². The monoisotopic (exact) mass is 873 g/mol. The molecule has 0 fully saturated rings. The Morgan fingerprint density at radius 1 is 0.556 bits per heavy atom. The summed E-state index contributed by atoms with van der Waals surface area (Å²) in [6.07, 6.45) is 3.85. The first-order valence-corrected chi connectivity index (χ1v) is 17.8. The number of aromatic nitrogens is 2. The minimum atomic E-state index is 0. The minimum absolute atomic E-state index is 0. The number of aryl methyl sites for hydroxylation is 2. The quantitative estimate of drug-likeness (QED) is 0.131. The van der Waals surface area contributed by atoms with Gasteiger partial charge in [0.25, 0.3) is 0 Å². The molecular formula is C48H33BIrN2O2-2. The third-order valence-corrected chi connectivity index (χ3v) is 9.83. The van der Waals surface area contributed by atoms with E-state index in [0.717, 1.165) is 73.0 Å². The number of pyridine rings is 2. The van der Waals surface area contributed by atoms with Crippen molar-refractivity contribution in [3.05, 3.63) is 187 Å². The maximum atomic E-state index is 6.49. The first-order chi connectivity index (χ1) is 26.1. The molecule has 2 aliphatic heterocycles. The standard InChI is InChI=1S/C29H17BNO2.C19H16N.Ir/c1-2-8-19(9-3-1)20-16-17-24(31-18-20)21-10-6-12-23-29(21)33-27-15-7-14-26-28(27)30(23)22-11-4-5-13-25(22)32-26;1-14-8-10-17(11-9-14)19-12-18(15(2)13-20-19)16-6-4-3-5-7-16;/h1-9,11-18H;3-10,12-13H,1-2H3;/q2*-1;. The summed E-state index contributed by atoms with van der Waals surface area (Å²) in [5, 5.41) is 0. The van der Waals surface area contributed by atoms with Gasteiger partial charge in [-0.25, -0.2) is 0 Å². The zero-order chi connectivity index (χ0) is 35.7. The van der Waals surface area contributed by atoms with Crippen molar-refractivity contribution in [1.29, 1.82) is 0 Å². The van der Waals surface area contributed by atoms with Crippen LogP contribution in [0.2, 0.25) is 0 Å². The number of rotatable bonds is 4. The third kappa shape index (κ3) is 6.67. The molecule has 0 N–H and O–H groups in total. The molecule has 0 unspecified atom stereocenters. The van der Waals surface area contributed by atoms with Crippen LogP contribution in [0.5, 0.6) is 23.0 Å². The van der Waals surface area contributed by atoms with Gasteiger partial charge in [0.1, 0.15) is 17.2 Å². The smallest absolute Gasteiger partial charge is 0.241 e. The molecule has 4 heterocycles. The van der Waals surface area contributed by atoms with Crippen molar-refractivity contribution in [2.75, 3.05) is 0 Å². The summed E-state index contributed by atoms with van der Waals surface area (Å²) >= 11 is 0. The van der Waals surface area contributed by atoms with E-state index < -0.39 is 0 Å². The van der Waals surface area contributed by atoms with Crippen molar-refractivity contribution in [3.63, 3.8) is 0 Å². The minimum Gasteiger partial charge on any atom is -0.503 e. The molecule has 0 saturated heterocycles. The zero-order valence-corrected chi connectivity index (χ0v) is 32.1. The van der Waals surface area contributed by atoms with Crippen molar-refractivity contribution < 1.29 is 29.6 Å². The number of fused-ring (bicyclic) bond motifs is 4. The summed E-state index contributed by atoms with van der Waals surface area (Å²) in [5.41, 5.74) is 14.1. The Hall–Kier alpha value is -6.07. The fraction of sp³-hybridized carbons (Fsp3) is 0.0417. The number of para-hydroxylation sites is 1. The molecule has 0 amide bonds. The number of nitrogens with zero attached hydrogens (tertiary/aromatic N) is 2. The van der Waals surface area contributed by atoms with E-state index in [-0.39, 0.29) is 26.8 Å². The van der Waals surface area contributed by atoms with E-state index in [9.17, 15) is 0 Å². The van der Waals surface area contributed by atoms with Crippen LogP contribution >= 0.6 is 0 Å². The Kier molecular flexibility index (Phi) is 9.80. The Balaban J connectivity index is 0.000000170. The van der Waals surface area contributed by atoms with Crippen LogP contribution in [0.3, 0.4) is 0 Å². The molecular weight excluding hydrogens is 840 g/mol. The second-order valence-electron chi connectivity index (χ2n) is 13.3. The molecule has 10 rings (SSSR count). The number of ether oxygens (including phenoxy) is 2. The van der Waals surface area contributed by atoms with E-state index in [1.807, 2.05) is 85.2 Å². The summed E-state index contributed by atoms with van der Waals surface area (Å²) in [5.74, 6) is 3.37. The van der Waals surface area contributed by atoms with Crippen LogP contribution < -0.4 is 25.9 Å². The van der Waals surface area contributed by atoms with Crippen molar-refractivity contribution in [3.8, 4) is 67.8 Å². The fourth-order valence-electron chi connectivity index (χ4n) is 7.14. The van der Waals surface area contributed by atoms with Crippen LogP contribution in [-0.2, 0) is 20.1 Å². The summed E-state index contributed by atoms with van der Waals surface area (Å²) in [6, 6.07) is 58.1. The topological polar surface area (TPSA) is 44.2 Å². The van der Waals surface area contributed by atoms with Crippen LogP contribution in [0.1, 0.15) is 11.1 Å². The molecule has 6 aromatic carbocycles. The second-order valence-corrected chi connectivity index (χ2v) is 13.3. The molecule has 8 aromatic rings. The predicted molar refractivity (Wildman–Crippen MR) is 215 cm³/mol. The van der Waals surface area contributed by atoms with Crippen molar-refractivity contribution in [1.82, 2.24) is 9.97 Å². The van der Waals surface area contributed by atoms with E-state index >= 15 is 0 Å². The Morgan fingerprint density at radius 3 is 2.00 bits per heavy atom. The predicted octanol–water partition coefficient (Wildman–Crippen LogP) is 9.77. The Morgan fingerprint density at radius 2 is 1.26 bits per heavy atom. The number of hydrogen-bond donors (Lipinski definition) is 0. The summed E-state index contributed by atoms with van der Waals surface area (Å²) < 4.78 is 12.7. The van der Waals surface area contributed by atoms with Gasteiger partial charge in [0, 0.05) is 43.7 Å². The van der Waals surface area contributed by atoms with Gasteiger partial charge in [0.05, 0.1) is 0 Å². The normalized spacial score (nSPS) is 11.6. The van der Waals surface area contributed by atoms with Gasteiger partial charge in [0.15, 0.2) is 0 Å². The molecule has 54 heavy (non-hydrogen) atoms. The van der Waals surface area contributed by atoms with Crippen LogP contribution in [-0.4, -0.2) is 16.7 Å². The summed E-state index contributed by atoms with van der Waals surface area (Å²) in [6.45, 7) is 4.21. The molecule has 6 heteroatoms. The van der Waals surface area contributed by atoms with Crippen LogP contribution in [0, 0.1) is 26.0 Å². The van der Waals surface area contributed by atoms with Gasteiger partial charge < -0.3 is 19.4 Å². The summed E-state index contributed by atoms with van der Waals surface area (Å²) in [4.78, 5) is 9.31. The average Bonchev–Trinajstić information content (AvgIpc) is 3.22. The van der Waals surface area contributed by atoms with Gasteiger partial charge in [-0.2, -0.15) is 0 Å². The van der Waals surface area contributed by atoms with Gasteiger partial charge >= 0.3 is 0 Å². The second kappa shape index (κ2) is 15.1. The fourth-order valence-corrected chi connectivity index (χ4v) is 7.14. The van der Waals surface area contributed by atoms with E-state index in [1.165, 1.54) is 22.3 Å². The Bertz CT molecular complexity index is 2580. The molecule has 0 atom stereocenters. The third-order valence-electron chi connectivity index (χ3n) is 9.83. The molecule has 4 nitrogen and oxygen atoms in total. The van der Waals surface area contributed by atoms with E-state index in [2.05, 4.69) is 110 Å². The largest absolute Gasteiger partial charge is 0.503 e. The van der Waals surface area contributed by atoms with Gasteiger partial charge in [-0.3, -0.25) is 0 Å². The molecule has 1 radical (unpaired) electrons. The van der Waals surface area contributed by atoms with Gasteiger partial charge in [0.2, 0.25) is 6.71 Å². The average molecular weight is 873 g/mol. The van der Waals surface area contributed by atoms with Crippen LogP contribution in [0.4, 0.5) is 0 Å². The first-order valence-electron chi connectivity index (χ1n) is 17.8.